The molecule has 2 aromatic rings. The zero-order chi connectivity index (χ0) is 13.8. The lowest BCUT2D eigenvalue weighted by Crippen LogP contribution is -2.04. The minimum Gasteiger partial charge on any atom is -0.331 e. The molecule has 2 nitrogen and oxygen atoms in total. The van der Waals surface area contributed by atoms with Gasteiger partial charge in [-0.2, -0.15) is 13.2 Å². The molecule has 0 aliphatic heterocycles. The molecule has 3 rings (SSSR count). The highest BCUT2D eigenvalue weighted by molar-refractivity contribution is 7.71. The highest BCUT2D eigenvalue weighted by Gasteiger charge is 2.38. The SMILES string of the molecule is CCC1CC1n1c(=S)[nH]c2cc(C(F)(F)F)ccc21. The zero-order valence-corrected chi connectivity index (χ0v) is 11.1. The maximum Gasteiger partial charge on any atom is 0.416 e. The predicted molar refractivity (Wildman–Crippen MR) is 69.6 cm³/mol. The zero-order valence-electron chi connectivity index (χ0n) is 10.3. The van der Waals surface area contributed by atoms with Crippen LogP contribution < -0.4 is 0 Å². The molecular weight excluding hydrogens is 273 g/mol. The fourth-order valence-corrected chi connectivity index (χ4v) is 2.97. The molecule has 19 heavy (non-hydrogen) atoms. The molecule has 1 aliphatic carbocycles. The number of hydrogen-bond acceptors (Lipinski definition) is 1. The normalized spacial score (nSPS) is 22.9. The van der Waals surface area contributed by atoms with Gasteiger partial charge in [-0.1, -0.05) is 13.3 Å². The van der Waals surface area contributed by atoms with Crippen LogP contribution in [0.1, 0.15) is 31.4 Å². The standard InChI is InChI=1S/C13H13F3N2S/c1-2-7-5-11(7)18-10-4-3-8(13(14,15)16)6-9(10)17-12(18)19/h3-4,6-7,11H,2,5H2,1H3,(H,17,19). The van der Waals surface area contributed by atoms with Gasteiger partial charge in [0.25, 0.3) is 0 Å². The Hall–Kier alpha value is -1.30. The van der Waals surface area contributed by atoms with Crippen molar-refractivity contribution in [1.82, 2.24) is 9.55 Å². The summed E-state index contributed by atoms with van der Waals surface area (Å²) in [6, 6.07) is 4.09. The van der Waals surface area contributed by atoms with Crippen LogP contribution >= 0.6 is 12.2 Å². The third-order valence-electron chi connectivity index (χ3n) is 3.79. The van der Waals surface area contributed by atoms with Gasteiger partial charge in [-0.25, -0.2) is 0 Å². The third kappa shape index (κ3) is 2.08. The molecule has 0 bridgehead atoms. The Morgan fingerprint density at radius 3 is 2.74 bits per heavy atom. The van der Waals surface area contributed by atoms with E-state index in [1.807, 2.05) is 4.57 Å². The number of fused-ring (bicyclic) bond motifs is 1. The van der Waals surface area contributed by atoms with Crippen molar-refractivity contribution in [3.8, 4) is 0 Å². The number of hydrogen-bond donors (Lipinski definition) is 1. The molecule has 1 N–H and O–H groups in total. The van der Waals surface area contributed by atoms with E-state index in [0.29, 0.717) is 22.2 Å². The highest BCUT2D eigenvalue weighted by atomic mass is 32.1. The van der Waals surface area contributed by atoms with Gasteiger partial charge in [0, 0.05) is 6.04 Å². The lowest BCUT2D eigenvalue weighted by Gasteiger charge is -2.07. The summed E-state index contributed by atoms with van der Waals surface area (Å²) in [6.45, 7) is 2.12. The second-order valence-corrected chi connectivity index (χ2v) is 5.39. The Balaban J connectivity index is 2.11. The van der Waals surface area contributed by atoms with E-state index in [9.17, 15) is 13.2 Å². The van der Waals surface area contributed by atoms with Crippen LogP contribution in [0.25, 0.3) is 11.0 Å². The number of H-pyrrole nitrogens is 1. The average molecular weight is 286 g/mol. The smallest absolute Gasteiger partial charge is 0.331 e. The number of halogens is 3. The van der Waals surface area contributed by atoms with Gasteiger partial charge in [0.1, 0.15) is 0 Å². The Morgan fingerprint density at radius 2 is 2.16 bits per heavy atom. The number of nitrogens with one attached hydrogen (secondary N) is 1. The number of imidazole rings is 1. The number of aromatic nitrogens is 2. The number of aromatic amines is 1. The van der Waals surface area contributed by atoms with Crippen LogP contribution in [0.2, 0.25) is 0 Å². The first-order valence-electron chi connectivity index (χ1n) is 6.23. The molecule has 1 aromatic carbocycles. The topological polar surface area (TPSA) is 20.7 Å². The maximum atomic E-state index is 12.7. The van der Waals surface area contributed by atoms with E-state index >= 15 is 0 Å². The molecule has 0 amide bonds. The summed E-state index contributed by atoms with van der Waals surface area (Å²) in [5.74, 6) is 0.591. The number of benzene rings is 1. The molecule has 2 atom stereocenters. The largest absolute Gasteiger partial charge is 0.416 e. The van der Waals surface area contributed by atoms with Gasteiger partial charge in [-0.15, -0.1) is 0 Å². The molecule has 1 heterocycles. The van der Waals surface area contributed by atoms with Gasteiger partial charge >= 0.3 is 6.18 Å². The summed E-state index contributed by atoms with van der Waals surface area (Å²) >= 11 is 5.23. The maximum absolute atomic E-state index is 12.7. The summed E-state index contributed by atoms with van der Waals surface area (Å²) in [6.07, 6.45) is -2.20. The number of nitrogens with zero attached hydrogens (tertiary/aromatic N) is 1. The van der Waals surface area contributed by atoms with E-state index in [4.69, 9.17) is 12.2 Å². The van der Waals surface area contributed by atoms with Crippen LogP contribution in [-0.2, 0) is 6.18 Å². The lowest BCUT2D eigenvalue weighted by atomic mass is 10.2. The van der Waals surface area contributed by atoms with E-state index in [1.54, 1.807) is 0 Å². The van der Waals surface area contributed by atoms with Crippen molar-refractivity contribution in [1.29, 1.82) is 0 Å². The van der Waals surface area contributed by atoms with Crippen LogP contribution in [-0.4, -0.2) is 9.55 Å². The first-order valence-corrected chi connectivity index (χ1v) is 6.64. The third-order valence-corrected chi connectivity index (χ3v) is 4.08. The molecule has 6 heteroatoms. The highest BCUT2D eigenvalue weighted by Crippen LogP contribution is 2.47. The molecule has 1 aliphatic rings. The van der Waals surface area contributed by atoms with Crippen LogP contribution in [0.15, 0.2) is 18.2 Å². The summed E-state index contributed by atoms with van der Waals surface area (Å²) in [5.41, 5.74) is 0.576. The molecule has 0 saturated heterocycles. The van der Waals surface area contributed by atoms with E-state index < -0.39 is 11.7 Å². The molecule has 1 aromatic heterocycles. The van der Waals surface area contributed by atoms with Crippen LogP contribution in [0, 0.1) is 10.7 Å². The molecule has 1 saturated carbocycles. The van der Waals surface area contributed by atoms with Crippen molar-refractivity contribution in [3.63, 3.8) is 0 Å². The first-order chi connectivity index (χ1) is 8.91. The second kappa shape index (κ2) is 4.10. The van der Waals surface area contributed by atoms with Gasteiger partial charge in [0.15, 0.2) is 4.77 Å². The summed E-state index contributed by atoms with van der Waals surface area (Å²) in [4.78, 5) is 2.88. The monoisotopic (exact) mass is 286 g/mol. The van der Waals surface area contributed by atoms with Crippen molar-refractivity contribution >= 4 is 23.3 Å². The van der Waals surface area contributed by atoms with Gasteiger partial charge in [0.05, 0.1) is 16.6 Å². The van der Waals surface area contributed by atoms with Crippen LogP contribution in [0.5, 0.6) is 0 Å². The van der Waals surface area contributed by atoms with Crippen molar-refractivity contribution < 1.29 is 13.2 Å². The van der Waals surface area contributed by atoms with Crippen molar-refractivity contribution in [3.05, 3.63) is 28.5 Å². The second-order valence-electron chi connectivity index (χ2n) is 5.00. The Kier molecular flexibility index (Phi) is 2.74. The van der Waals surface area contributed by atoms with Gasteiger partial charge in [0.2, 0.25) is 0 Å². The quantitative estimate of drug-likeness (QED) is 0.794. The molecule has 1 fully saturated rings. The van der Waals surface area contributed by atoms with E-state index in [-0.39, 0.29) is 0 Å². The number of rotatable bonds is 2. The first kappa shape index (κ1) is 12.7. The molecule has 2 unspecified atom stereocenters. The average Bonchev–Trinajstić information content (AvgIpc) is 3.02. The Labute approximate surface area is 113 Å². The van der Waals surface area contributed by atoms with E-state index in [2.05, 4.69) is 11.9 Å². The molecular formula is C13H13F3N2S. The van der Waals surface area contributed by atoms with Gasteiger partial charge in [-0.05, 0) is 42.8 Å². The van der Waals surface area contributed by atoms with Crippen molar-refractivity contribution in [2.24, 2.45) is 5.92 Å². The summed E-state index contributed by atoms with van der Waals surface area (Å²) in [5, 5.41) is 0. The van der Waals surface area contributed by atoms with E-state index in [1.165, 1.54) is 6.07 Å². The molecule has 102 valence electrons. The molecule has 0 spiro atoms. The van der Waals surface area contributed by atoms with E-state index in [0.717, 1.165) is 30.5 Å². The summed E-state index contributed by atoms with van der Waals surface area (Å²) < 4.78 is 40.5. The number of alkyl halides is 3. The minimum absolute atomic E-state index is 0.336. The summed E-state index contributed by atoms with van der Waals surface area (Å²) in [7, 11) is 0. The van der Waals surface area contributed by atoms with Crippen molar-refractivity contribution in [2.45, 2.75) is 32.0 Å². The van der Waals surface area contributed by atoms with Crippen molar-refractivity contribution in [2.75, 3.05) is 0 Å². The van der Waals surface area contributed by atoms with Crippen LogP contribution in [0.3, 0.4) is 0 Å². The predicted octanol–water partition coefficient (Wildman–Crippen LogP) is 4.69. The van der Waals surface area contributed by atoms with Gasteiger partial charge in [-0.3, -0.25) is 0 Å². The fourth-order valence-electron chi connectivity index (χ4n) is 2.62. The minimum atomic E-state index is -4.32. The van der Waals surface area contributed by atoms with Crippen LogP contribution in [0.4, 0.5) is 13.2 Å². The Morgan fingerprint density at radius 1 is 1.42 bits per heavy atom. The lowest BCUT2D eigenvalue weighted by molar-refractivity contribution is -0.137. The Bertz CT molecular complexity index is 683. The van der Waals surface area contributed by atoms with Gasteiger partial charge < -0.3 is 9.55 Å². The fraction of sp³-hybridized carbons (Fsp3) is 0.462. The molecule has 0 radical (unpaired) electrons.